The van der Waals surface area contributed by atoms with Crippen LogP contribution in [0.3, 0.4) is 0 Å². The lowest BCUT2D eigenvalue weighted by Crippen LogP contribution is -2.09. The molecule has 0 atom stereocenters. The van der Waals surface area contributed by atoms with Gasteiger partial charge in [0.1, 0.15) is 23.8 Å². The van der Waals surface area contributed by atoms with Crippen LogP contribution in [0, 0.1) is 5.82 Å². The molecule has 0 amide bonds. The van der Waals surface area contributed by atoms with Gasteiger partial charge in [-0.15, -0.1) is 0 Å². The third-order valence-corrected chi connectivity index (χ3v) is 2.24. The highest BCUT2D eigenvalue weighted by atomic mass is 35.5. The van der Waals surface area contributed by atoms with E-state index in [2.05, 4.69) is 20.7 Å². The summed E-state index contributed by atoms with van der Waals surface area (Å²) in [5, 5.41) is 3.13. The molecule has 0 aliphatic carbocycles. The Labute approximate surface area is 102 Å². The van der Waals surface area contributed by atoms with Crippen LogP contribution in [0.15, 0.2) is 30.6 Å². The molecule has 0 saturated heterocycles. The summed E-state index contributed by atoms with van der Waals surface area (Å²) in [7, 11) is 0. The van der Waals surface area contributed by atoms with Gasteiger partial charge in [0.25, 0.3) is 0 Å². The highest BCUT2D eigenvalue weighted by Gasteiger charge is 2.04. The Morgan fingerprint density at radius 2 is 1.94 bits per heavy atom. The molecule has 2 rings (SSSR count). The highest BCUT2D eigenvalue weighted by molar-refractivity contribution is 6.30. The van der Waals surface area contributed by atoms with E-state index in [4.69, 9.17) is 17.4 Å². The van der Waals surface area contributed by atoms with Gasteiger partial charge in [-0.25, -0.2) is 20.2 Å². The maximum Gasteiger partial charge on any atom is 0.148 e. The second-order valence-corrected chi connectivity index (χ2v) is 3.62. The monoisotopic (exact) mass is 253 g/mol. The van der Waals surface area contributed by atoms with Crippen LogP contribution in [0.2, 0.25) is 5.02 Å². The molecule has 0 radical (unpaired) electrons. The second kappa shape index (κ2) is 4.94. The zero-order valence-corrected chi connectivity index (χ0v) is 9.37. The second-order valence-electron chi connectivity index (χ2n) is 3.18. The van der Waals surface area contributed by atoms with E-state index in [1.165, 1.54) is 18.5 Å². The van der Waals surface area contributed by atoms with Crippen LogP contribution in [0.5, 0.6) is 0 Å². The van der Waals surface area contributed by atoms with Crippen molar-refractivity contribution in [2.75, 3.05) is 10.7 Å². The van der Waals surface area contributed by atoms with Crippen LogP contribution in [0.25, 0.3) is 0 Å². The van der Waals surface area contributed by atoms with E-state index >= 15 is 0 Å². The Morgan fingerprint density at radius 1 is 1.18 bits per heavy atom. The Kier molecular flexibility index (Phi) is 3.36. The highest BCUT2D eigenvalue weighted by Crippen LogP contribution is 2.22. The molecule has 88 valence electrons. The number of halogens is 2. The molecule has 0 spiro atoms. The van der Waals surface area contributed by atoms with Crippen LogP contribution in [-0.2, 0) is 0 Å². The lowest BCUT2D eigenvalue weighted by Gasteiger charge is -2.07. The number of benzene rings is 1. The summed E-state index contributed by atoms with van der Waals surface area (Å²) in [6, 6.07) is 5.87. The zero-order valence-electron chi connectivity index (χ0n) is 8.61. The fraction of sp³-hybridized carbons (Fsp3) is 0. The number of hydrazine groups is 1. The molecule has 1 aromatic carbocycles. The summed E-state index contributed by atoms with van der Waals surface area (Å²) in [4.78, 5) is 7.76. The number of nitrogens with two attached hydrogens (primary N) is 1. The summed E-state index contributed by atoms with van der Waals surface area (Å²) in [6.45, 7) is 0. The molecule has 4 N–H and O–H groups in total. The van der Waals surface area contributed by atoms with Crippen molar-refractivity contribution in [3.8, 4) is 0 Å². The minimum absolute atomic E-state index is 0.274. The number of anilines is 3. The van der Waals surface area contributed by atoms with Crippen molar-refractivity contribution in [3.05, 3.63) is 41.4 Å². The van der Waals surface area contributed by atoms with Gasteiger partial charge in [0.05, 0.1) is 5.69 Å². The van der Waals surface area contributed by atoms with Crippen LogP contribution >= 0.6 is 11.6 Å². The zero-order chi connectivity index (χ0) is 12.3. The molecule has 7 heteroatoms. The number of hydrogen-bond donors (Lipinski definition) is 3. The lowest BCUT2D eigenvalue weighted by molar-refractivity contribution is 0.632. The summed E-state index contributed by atoms with van der Waals surface area (Å²) < 4.78 is 13.5. The molecular formula is C10H9ClFN5. The van der Waals surface area contributed by atoms with Crippen LogP contribution < -0.4 is 16.6 Å². The molecule has 1 aromatic heterocycles. The minimum Gasteiger partial charge on any atom is -0.338 e. The van der Waals surface area contributed by atoms with Crippen molar-refractivity contribution in [1.29, 1.82) is 0 Å². The van der Waals surface area contributed by atoms with Gasteiger partial charge in [-0.1, -0.05) is 11.6 Å². The van der Waals surface area contributed by atoms with E-state index in [9.17, 15) is 4.39 Å². The van der Waals surface area contributed by atoms with Gasteiger partial charge < -0.3 is 10.7 Å². The average molecular weight is 254 g/mol. The van der Waals surface area contributed by atoms with Gasteiger partial charge in [-0.2, -0.15) is 0 Å². The van der Waals surface area contributed by atoms with E-state index < -0.39 is 5.82 Å². The molecule has 0 aliphatic heterocycles. The van der Waals surface area contributed by atoms with E-state index in [1.54, 1.807) is 12.1 Å². The summed E-state index contributed by atoms with van der Waals surface area (Å²) in [6.07, 6.45) is 1.31. The van der Waals surface area contributed by atoms with Gasteiger partial charge in [0, 0.05) is 11.1 Å². The predicted molar refractivity (Wildman–Crippen MR) is 64.5 cm³/mol. The fourth-order valence-electron chi connectivity index (χ4n) is 1.23. The van der Waals surface area contributed by atoms with Gasteiger partial charge in [0.15, 0.2) is 0 Å². The summed E-state index contributed by atoms with van der Waals surface area (Å²) >= 11 is 5.65. The number of nitrogen functional groups attached to an aromatic ring is 1. The van der Waals surface area contributed by atoms with E-state index in [0.29, 0.717) is 16.7 Å². The van der Waals surface area contributed by atoms with Crippen molar-refractivity contribution in [2.24, 2.45) is 5.84 Å². The molecule has 0 aliphatic rings. The third-order valence-electron chi connectivity index (χ3n) is 2.01. The van der Waals surface area contributed by atoms with Crippen molar-refractivity contribution < 1.29 is 4.39 Å². The van der Waals surface area contributed by atoms with Gasteiger partial charge in [-0.05, 0) is 18.2 Å². The Bertz CT molecular complexity index is 534. The van der Waals surface area contributed by atoms with Crippen molar-refractivity contribution in [2.45, 2.75) is 0 Å². The largest absolute Gasteiger partial charge is 0.338 e. The normalized spacial score (nSPS) is 10.1. The number of rotatable bonds is 3. The maximum absolute atomic E-state index is 13.5. The SMILES string of the molecule is NNc1cc(Nc2ccc(Cl)cc2F)ncn1. The Morgan fingerprint density at radius 3 is 2.65 bits per heavy atom. The van der Waals surface area contributed by atoms with Crippen LogP contribution in [0.1, 0.15) is 0 Å². The number of nitrogens with one attached hydrogen (secondary N) is 2. The summed E-state index contributed by atoms with van der Waals surface area (Å²) in [5.74, 6) is 5.60. The molecule has 2 aromatic rings. The standard InChI is InChI=1S/C10H9ClFN5/c11-6-1-2-8(7(12)3-6)16-9-4-10(17-13)15-5-14-9/h1-5H,13H2,(H2,14,15,16,17). The third kappa shape index (κ3) is 2.80. The first-order chi connectivity index (χ1) is 8.19. The average Bonchev–Trinajstić information content (AvgIpc) is 2.33. The minimum atomic E-state index is -0.460. The Balaban J connectivity index is 2.25. The smallest absolute Gasteiger partial charge is 0.148 e. The van der Waals surface area contributed by atoms with Crippen molar-refractivity contribution in [3.63, 3.8) is 0 Å². The summed E-state index contributed by atoms with van der Waals surface area (Å²) in [5.41, 5.74) is 2.65. The van der Waals surface area contributed by atoms with Crippen LogP contribution in [0.4, 0.5) is 21.7 Å². The molecule has 0 bridgehead atoms. The first-order valence-corrected chi connectivity index (χ1v) is 5.07. The number of aromatic nitrogens is 2. The van der Waals surface area contributed by atoms with Crippen LogP contribution in [-0.4, -0.2) is 9.97 Å². The molecule has 0 unspecified atom stereocenters. The molecule has 0 fully saturated rings. The van der Waals surface area contributed by atoms with Gasteiger partial charge >= 0.3 is 0 Å². The maximum atomic E-state index is 13.5. The molecule has 0 saturated carbocycles. The molecule has 5 nitrogen and oxygen atoms in total. The van der Waals surface area contributed by atoms with E-state index in [-0.39, 0.29) is 5.69 Å². The van der Waals surface area contributed by atoms with E-state index in [1.807, 2.05) is 0 Å². The van der Waals surface area contributed by atoms with E-state index in [0.717, 1.165) is 0 Å². The first-order valence-electron chi connectivity index (χ1n) is 4.70. The van der Waals surface area contributed by atoms with Gasteiger partial charge in [-0.3, -0.25) is 0 Å². The lowest BCUT2D eigenvalue weighted by atomic mass is 10.3. The first kappa shape index (κ1) is 11.6. The number of nitrogens with zero attached hydrogens (tertiary/aromatic N) is 2. The number of hydrogen-bond acceptors (Lipinski definition) is 5. The molecule has 1 heterocycles. The predicted octanol–water partition coefficient (Wildman–Crippen LogP) is 2.30. The quantitative estimate of drug-likeness (QED) is 0.578. The van der Waals surface area contributed by atoms with Crippen molar-refractivity contribution in [1.82, 2.24) is 9.97 Å². The fourth-order valence-corrected chi connectivity index (χ4v) is 1.39. The Hall–Kier alpha value is -1.92. The molecular weight excluding hydrogens is 245 g/mol. The van der Waals surface area contributed by atoms with Gasteiger partial charge in [0.2, 0.25) is 0 Å². The topological polar surface area (TPSA) is 75.9 Å². The van der Waals surface area contributed by atoms with Crippen molar-refractivity contribution >= 4 is 28.9 Å². The molecule has 17 heavy (non-hydrogen) atoms.